The molecule has 1 N–H and O–H groups in total. The number of hydrazone groups is 1. The normalized spacial score (nSPS) is 9.44. The minimum atomic E-state index is -0.356. The Hall–Kier alpha value is -1.62. The summed E-state index contributed by atoms with van der Waals surface area (Å²) in [7, 11) is 0. The van der Waals surface area contributed by atoms with Crippen molar-refractivity contribution >= 4 is 35.6 Å². The Morgan fingerprint density at radius 1 is 1.12 bits per heavy atom. The van der Waals surface area contributed by atoms with Gasteiger partial charge in [-0.3, -0.25) is 15.0 Å². The average molecular weight is 236 g/mol. The highest BCUT2D eigenvalue weighted by atomic mass is 32.1. The molecule has 0 amide bonds. The second-order valence-corrected chi connectivity index (χ2v) is 3.75. The number of benzene rings is 1. The summed E-state index contributed by atoms with van der Waals surface area (Å²) in [6, 6.07) is 7.07. The van der Waals surface area contributed by atoms with Crippen molar-refractivity contribution in [3.05, 3.63) is 24.3 Å². The van der Waals surface area contributed by atoms with Gasteiger partial charge in [-0.1, -0.05) is 0 Å². The number of hydrogen-bond donors (Lipinski definition) is 2. The number of carbonyl (C=O) groups excluding carboxylic acids is 2. The molecule has 1 aromatic rings. The van der Waals surface area contributed by atoms with Crippen LogP contribution in [-0.4, -0.2) is 17.3 Å². The third-order valence-electron chi connectivity index (χ3n) is 1.83. The third-order valence-corrected chi connectivity index (χ3v) is 2.13. The van der Waals surface area contributed by atoms with Gasteiger partial charge in [0.1, 0.15) is 0 Å². The molecule has 1 rings (SSSR count). The summed E-state index contributed by atoms with van der Waals surface area (Å²) >= 11 is 4.13. The van der Waals surface area contributed by atoms with E-state index < -0.39 is 0 Å². The van der Waals surface area contributed by atoms with Crippen LogP contribution in [0.5, 0.6) is 0 Å². The summed E-state index contributed by atoms with van der Waals surface area (Å²) in [4.78, 5) is 22.9. The molecule has 0 aromatic heterocycles. The van der Waals surface area contributed by atoms with Gasteiger partial charge in [0.2, 0.25) is 0 Å². The first kappa shape index (κ1) is 12.4. The van der Waals surface area contributed by atoms with Crippen LogP contribution in [0, 0.1) is 0 Å². The minimum absolute atomic E-state index is 0.0880. The molecule has 1 aromatic carbocycles. The third kappa shape index (κ3) is 3.51. The van der Waals surface area contributed by atoms with Gasteiger partial charge in [-0.2, -0.15) is 5.10 Å². The molecule has 0 bridgehead atoms. The summed E-state index contributed by atoms with van der Waals surface area (Å²) in [6.45, 7) is 2.61. The summed E-state index contributed by atoms with van der Waals surface area (Å²) in [6.07, 6.45) is 0. The maximum Gasteiger partial charge on any atom is 0.183 e. The van der Waals surface area contributed by atoms with Crippen LogP contribution in [-0.2, 0) is 9.59 Å². The van der Waals surface area contributed by atoms with Crippen molar-refractivity contribution in [3.63, 3.8) is 0 Å². The monoisotopic (exact) mass is 236 g/mol. The van der Waals surface area contributed by atoms with Gasteiger partial charge >= 0.3 is 0 Å². The number of nitrogens with zero attached hydrogens (tertiary/aromatic N) is 1. The average Bonchev–Trinajstić information content (AvgIpc) is 2.20. The first-order chi connectivity index (χ1) is 7.50. The highest BCUT2D eigenvalue weighted by molar-refractivity contribution is 7.80. The Balaban J connectivity index is 2.81. The molecule has 0 saturated carbocycles. The number of ketones is 2. The summed E-state index contributed by atoms with van der Waals surface area (Å²) in [5.41, 5.74) is 3.25. The predicted octanol–water partition coefficient (Wildman–Crippen LogP) is 1.92. The lowest BCUT2D eigenvalue weighted by molar-refractivity contribution is -0.114. The Labute approximate surface area is 99.1 Å². The zero-order chi connectivity index (χ0) is 12.1. The van der Waals surface area contributed by atoms with Crippen molar-refractivity contribution < 1.29 is 9.59 Å². The van der Waals surface area contributed by atoms with Crippen LogP contribution < -0.4 is 5.43 Å². The molecule has 0 heterocycles. The number of hydrogen-bond acceptors (Lipinski definition) is 5. The minimum Gasteiger partial charge on any atom is -0.293 e. The summed E-state index contributed by atoms with van der Waals surface area (Å²) in [5, 5.41) is 3.77. The van der Waals surface area contributed by atoms with Crippen molar-refractivity contribution in [2.75, 3.05) is 5.43 Å². The zero-order valence-electron chi connectivity index (χ0n) is 9.02. The quantitative estimate of drug-likeness (QED) is 0.363. The fourth-order valence-corrected chi connectivity index (χ4v) is 1.21. The smallest absolute Gasteiger partial charge is 0.183 e. The molecule has 0 aliphatic rings. The largest absolute Gasteiger partial charge is 0.293 e. The molecule has 84 valence electrons. The van der Waals surface area contributed by atoms with Crippen molar-refractivity contribution in [1.29, 1.82) is 0 Å². The van der Waals surface area contributed by atoms with E-state index >= 15 is 0 Å². The van der Waals surface area contributed by atoms with Gasteiger partial charge in [0.25, 0.3) is 0 Å². The Morgan fingerprint density at radius 3 is 2.06 bits per heavy atom. The second-order valence-electron chi connectivity index (χ2n) is 3.23. The number of Topliss-reactive ketones (excluding diaryl/α,β-unsaturated/α-hetero) is 2. The van der Waals surface area contributed by atoms with E-state index in [4.69, 9.17) is 0 Å². The molecule has 0 saturated heterocycles. The van der Waals surface area contributed by atoms with Crippen LogP contribution in [0.1, 0.15) is 13.8 Å². The molecule has 0 unspecified atom stereocenters. The molecular formula is C11H12N2O2S. The van der Waals surface area contributed by atoms with Crippen LogP contribution in [0.25, 0.3) is 0 Å². The van der Waals surface area contributed by atoms with E-state index in [1.807, 2.05) is 0 Å². The van der Waals surface area contributed by atoms with E-state index in [-0.39, 0.29) is 17.3 Å². The molecular weight excluding hydrogens is 224 g/mol. The number of thiol groups is 1. The van der Waals surface area contributed by atoms with Crippen LogP contribution >= 0.6 is 12.6 Å². The highest BCUT2D eigenvalue weighted by Gasteiger charge is 2.11. The molecule has 5 heteroatoms. The fourth-order valence-electron chi connectivity index (χ4n) is 1.06. The van der Waals surface area contributed by atoms with E-state index in [9.17, 15) is 9.59 Å². The van der Waals surface area contributed by atoms with Crippen LogP contribution in [0.4, 0.5) is 5.69 Å². The van der Waals surface area contributed by atoms with Crippen molar-refractivity contribution in [2.24, 2.45) is 5.10 Å². The number of rotatable bonds is 4. The molecule has 0 atom stereocenters. The topological polar surface area (TPSA) is 58.5 Å². The zero-order valence-corrected chi connectivity index (χ0v) is 9.91. The number of anilines is 1. The molecule has 0 spiro atoms. The van der Waals surface area contributed by atoms with Gasteiger partial charge in [-0.15, -0.1) is 12.6 Å². The van der Waals surface area contributed by atoms with Crippen molar-refractivity contribution in [1.82, 2.24) is 0 Å². The molecule has 0 fully saturated rings. The Bertz CT molecular complexity index is 422. The molecule has 4 nitrogen and oxygen atoms in total. The predicted molar refractivity (Wildman–Crippen MR) is 66.1 cm³/mol. The van der Waals surface area contributed by atoms with E-state index in [0.717, 1.165) is 4.90 Å². The van der Waals surface area contributed by atoms with Gasteiger partial charge in [0.15, 0.2) is 17.3 Å². The first-order valence-electron chi connectivity index (χ1n) is 4.65. The van der Waals surface area contributed by atoms with Crippen molar-refractivity contribution in [2.45, 2.75) is 18.7 Å². The molecule has 16 heavy (non-hydrogen) atoms. The standard InChI is InChI=1S/C11H12N2O2S/c1-7(14)11(8(2)15)13-12-9-3-5-10(16)6-4-9/h3-6,12,16H,1-2H3. The van der Waals surface area contributed by atoms with Crippen molar-refractivity contribution in [3.8, 4) is 0 Å². The lowest BCUT2D eigenvalue weighted by Gasteiger charge is -2.02. The van der Waals surface area contributed by atoms with Gasteiger partial charge in [-0.05, 0) is 24.3 Å². The van der Waals surface area contributed by atoms with Gasteiger partial charge in [0.05, 0.1) is 5.69 Å². The van der Waals surface area contributed by atoms with Gasteiger partial charge in [0, 0.05) is 18.7 Å². The van der Waals surface area contributed by atoms with Gasteiger partial charge < -0.3 is 0 Å². The highest BCUT2D eigenvalue weighted by Crippen LogP contribution is 2.11. The Morgan fingerprint density at radius 2 is 1.62 bits per heavy atom. The molecule has 0 aliphatic heterocycles. The maximum absolute atomic E-state index is 11.1. The lowest BCUT2D eigenvalue weighted by Crippen LogP contribution is -2.20. The fraction of sp³-hybridized carbons (Fsp3) is 0.182. The van der Waals surface area contributed by atoms with Crippen LogP contribution in [0.15, 0.2) is 34.3 Å². The number of nitrogens with one attached hydrogen (secondary N) is 1. The van der Waals surface area contributed by atoms with Gasteiger partial charge in [-0.25, -0.2) is 0 Å². The summed E-state index contributed by atoms with van der Waals surface area (Å²) in [5.74, 6) is -0.711. The van der Waals surface area contributed by atoms with E-state index in [1.54, 1.807) is 24.3 Å². The summed E-state index contributed by atoms with van der Waals surface area (Å²) < 4.78 is 0. The molecule has 0 radical (unpaired) electrons. The van der Waals surface area contributed by atoms with E-state index in [2.05, 4.69) is 23.2 Å². The lowest BCUT2D eigenvalue weighted by atomic mass is 10.2. The van der Waals surface area contributed by atoms with E-state index in [0.29, 0.717) is 5.69 Å². The van der Waals surface area contributed by atoms with Crippen LogP contribution in [0.3, 0.4) is 0 Å². The first-order valence-corrected chi connectivity index (χ1v) is 5.10. The second kappa shape index (κ2) is 5.46. The molecule has 0 aliphatic carbocycles. The van der Waals surface area contributed by atoms with Crippen LogP contribution in [0.2, 0.25) is 0 Å². The SMILES string of the molecule is CC(=O)C(=NNc1ccc(S)cc1)C(C)=O. The Kier molecular flexibility index (Phi) is 4.25. The number of carbonyl (C=O) groups is 2. The van der Waals surface area contributed by atoms with E-state index in [1.165, 1.54) is 13.8 Å². The maximum atomic E-state index is 11.1.